The van der Waals surface area contributed by atoms with Crippen molar-refractivity contribution in [3.8, 4) is 5.75 Å². The third kappa shape index (κ3) is 3.63. The number of nitrogens with two attached hydrogens (primary N) is 1. The van der Waals surface area contributed by atoms with E-state index in [1.54, 1.807) is 15.6 Å². The van der Waals surface area contributed by atoms with E-state index in [9.17, 15) is 14.7 Å². The summed E-state index contributed by atoms with van der Waals surface area (Å²) in [4.78, 5) is 31.0. The third-order valence-corrected chi connectivity index (χ3v) is 6.47. The molecule has 2 atom stereocenters. The van der Waals surface area contributed by atoms with Crippen LogP contribution >= 0.6 is 11.8 Å². The molecule has 2 unspecified atom stereocenters. The Labute approximate surface area is 183 Å². The zero-order chi connectivity index (χ0) is 22.3. The van der Waals surface area contributed by atoms with Crippen LogP contribution in [0.5, 0.6) is 5.75 Å². The summed E-state index contributed by atoms with van der Waals surface area (Å²) in [6.45, 7) is 4.37. The number of carboxylic acids is 1. The van der Waals surface area contributed by atoms with E-state index in [1.807, 2.05) is 13.8 Å². The zero-order valence-electron chi connectivity index (χ0n) is 17.3. The molecule has 10 nitrogen and oxygen atoms in total. The number of benzene rings is 1. The van der Waals surface area contributed by atoms with E-state index >= 15 is 0 Å². The molecule has 0 saturated carbocycles. The minimum Gasteiger partial charge on any atom is -0.492 e. The number of thioether (sulfide) groups is 1. The molecule has 2 aliphatic rings. The van der Waals surface area contributed by atoms with E-state index in [0.29, 0.717) is 30.2 Å². The number of ether oxygens (including phenoxy) is 2. The van der Waals surface area contributed by atoms with Crippen molar-refractivity contribution in [1.29, 1.82) is 0 Å². The highest BCUT2D eigenvalue weighted by Crippen LogP contribution is 2.55. The molecule has 0 bridgehead atoms. The van der Waals surface area contributed by atoms with Crippen LogP contribution in [-0.4, -0.2) is 56.6 Å². The van der Waals surface area contributed by atoms with Crippen LogP contribution in [0.25, 0.3) is 5.70 Å². The SMILES string of the molecule is COC(C(N)=O)N1C2=C(CCOc3cc(C(=O)O)ccc32)SC1c1ncnn1C(C)C. The molecular weight excluding hydrogens is 422 g/mol. The number of rotatable bonds is 6. The Hall–Kier alpha value is -3.05. The number of nitrogens with zero attached hydrogens (tertiary/aromatic N) is 4. The molecule has 3 N–H and O–H groups in total. The van der Waals surface area contributed by atoms with E-state index in [4.69, 9.17) is 15.2 Å². The fraction of sp³-hybridized carbons (Fsp3) is 0.400. The number of hydrogen-bond acceptors (Lipinski definition) is 8. The van der Waals surface area contributed by atoms with Crippen molar-refractivity contribution < 1.29 is 24.2 Å². The van der Waals surface area contributed by atoms with Crippen molar-refractivity contribution in [3.63, 3.8) is 0 Å². The monoisotopic (exact) mass is 445 g/mol. The Kier molecular flexibility index (Phi) is 5.63. The third-order valence-electron chi connectivity index (χ3n) is 5.13. The van der Waals surface area contributed by atoms with E-state index in [2.05, 4.69) is 10.1 Å². The number of carboxylic acid groups (broad SMARTS) is 1. The second-order valence-electron chi connectivity index (χ2n) is 7.41. The summed E-state index contributed by atoms with van der Waals surface area (Å²) >= 11 is 1.54. The van der Waals surface area contributed by atoms with Crippen LogP contribution < -0.4 is 10.5 Å². The quantitative estimate of drug-likeness (QED) is 0.686. The molecule has 0 aliphatic carbocycles. The van der Waals surface area contributed by atoms with Gasteiger partial charge in [-0.2, -0.15) is 5.10 Å². The fourth-order valence-corrected chi connectivity index (χ4v) is 5.22. The minimum absolute atomic E-state index is 0.0590. The van der Waals surface area contributed by atoms with Crippen LogP contribution in [0, 0.1) is 0 Å². The van der Waals surface area contributed by atoms with Gasteiger partial charge in [-0.25, -0.2) is 14.5 Å². The van der Waals surface area contributed by atoms with Gasteiger partial charge in [-0.05, 0) is 32.0 Å². The fourth-order valence-electron chi connectivity index (χ4n) is 3.82. The highest BCUT2D eigenvalue weighted by molar-refractivity contribution is 8.03. The van der Waals surface area contributed by atoms with Gasteiger partial charge in [-0.1, -0.05) is 11.8 Å². The molecular formula is C20H23N5O5S. The van der Waals surface area contributed by atoms with Crippen LogP contribution in [0.4, 0.5) is 0 Å². The number of aromatic nitrogens is 3. The average molecular weight is 446 g/mol. The molecule has 164 valence electrons. The van der Waals surface area contributed by atoms with Gasteiger partial charge in [0.25, 0.3) is 5.91 Å². The first kappa shape index (κ1) is 21.2. The summed E-state index contributed by atoms with van der Waals surface area (Å²) in [7, 11) is 1.42. The lowest BCUT2D eigenvalue weighted by atomic mass is 10.1. The second kappa shape index (κ2) is 8.23. The van der Waals surface area contributed by atoms with Crippen LogP contribution in [-0.2, 0) is 9.53 Å². The van der Waals surface area contributed by atoms with Crippen LogP contribution in [0.1, 0.15) is 53.4 Å². The molecule has 2 aliphatic heterocycles. The van der Waals surface area contributed by atoms with E-state index in [0.717, 1.165) is 10.6 Å². The van der Waals surface area contributed by atoms with Crippen molar-refractivity contribution in [2.75, 3.05) is 13.7 Å². The number of carbonyl (C=O) groups excluding carboxylic acids is 1. The van der Waals surface area contributed by atoms with E-state index in [-0.39, 0.29) is 11.6 Å². The maximum absolute atomic E-state index is 12.3. The standard InChI is InChI=1S/C20H23N5O5S/c1-10(2)25-17(22-9-23-25)19-24(18(29-3)16(21)26)15-12-5-4-11(20(27)28)8-13(12)30-7-6-14(15)31-19/h4-5,8-10,18-19H,6-7H2,1-3H3,(H2,21,26)(H,27,28). The lowest BCUT2D eigenvalue weighted by molar-refractivity contribution is -0.136. The summed E-state index contributed by atoms with van der Waals surface area (Å²) < 4.78 is 13.2. The molecule has 0 fully saturated rings. The first-order valence-corrected chi connectivity index (χ1v) is 10.6. The Balaban J connectivity index is 1.88. The number of amides is 1. The summed E-state index contributed by atoms with van der Waals surface area (Å²) in [5.41, 5.74) is 7.21. The highest BCUT2D eigenvalue weighted by Gasteiger charge is 2.44. The lowest BCUT2D eigenvalue weighted by Gasteiger charge is -2.34. The van der Waals surface area contributed by atoms with Gasteiger partial charge in [0.1, 0.15) is 17.5 Å². The number of hydrogen-bond donors (Lipinski definition) is 2. The van der Waals surface area contributed by atoms with Crippen molar-refractivity contribution in [1.82, 2.24) is 19.7 Å². The van der Waals surface area contributed by atoms with Gasteiger partial charge in [0.2, 0.25) is 6.23 Å². The molecule has 31 heavy (non-hydrogen) atoms. The molecule has 3 heterocycles. The second-order valence-corrected chi connectivity index (χ2v) is 8.59. The smallest absolute Gasteiger partial charge is 0.335 e. The Bertz CT molecular complexity index is 1070. The molecule has 11 heteroatoms. The molecule has 1 aromatic heterocycles. The number of aromatic carboxylic acids is 1. The molecule has 4 rings (SSSR count). The molecule has 0 spiro atoms. The van der Waals surface area contributed by atoms with Crippen LogP contribution in [0.2, 0.25) is 0 Å². The van der Waals surface area contributed by atoms with Gasteiger partial charge in [-0.3, -0.25) is 4.79 Å². The number of methoxy groups -OCH3 is 1. The topological polar surface area (TPSA) is 133 Å². The molecule has 0 radical (unpaired) electrons. The number of primary amides is 1. The highest BCUT2D eigenvalue weighted by atomic mass is 32.2. The molecule has 0 saturated heterocycles. The minimum atomic E-state index is -1.06. The van der Waals surface area contributed by atoms with Crippen LogP contribution in [0.3, 0.4) is 0 Å². The van der Waals surface area contributed by atoms with Gasteiger partial charge >= 0.3 is 5.97 Å². The first-order chi connectivity index (χ1) is 14.8. The molecule has 1 amide bonds. The Morgan fingerprint density at radius 3 is 2.81 bits per heavy atom. The molecule has 1 aromatic carbocycles. The predicted octanol–water partition coefficient (Wildman–Crippen LogP) is 2.21. The van der Waals surface area contributed by atoms with Gasteiger partial charge < -0.3 is 25.2 Å². The summed E-state index contributed by atoms with van der Waals surface area (Å²) in [5.74, 6) is -0.592. The summed E-state index contributed by atoms with van der Waals surface area (Å²) in [6.07, 6.45) is 1.00. The van der Waals surface area contributed by atoms with Gasteiger partial charge in [-0.15, -0.1) is 0 Å². The maximum Gasteiger partial charge on any atom is 0.335 e. The van der Waals surface area contributed by atoms with Gasteiger partial charge in [0, 0.05) is 30.0 Å². The van der Waals surface area contributed by atoms with Crippen LogP contribution in [0.15, 0.2) is 29.4 Å². The van der Waals surface area contributed by atoms with Crippen molar-refractivity contribution >= 4 is 29.3 Å². The largest absolute Gasteiger partial charge is 0.492 e. The lowest BCUT2D eigenvalue weighted by Crippen LogP contribution is -2.45. The predicted molar refractivity (Wildman–Crippen MR) is 113 cm³/mol. The van der Waals surface area contributed by atoms with Gasteiger partial charge in [0.05, 0.1) is 17.9 Å². The van der Waals surface area contributed by atoms with E-state index in [1.165, 1.54) is 37.3 Å². The normalized spacial score (nSPS) is 19.0. The summed E-state index contributed by atoms with van der Waals surface area (Å²) in [5, 5.41) is 13.3. The number of fused-ring (bicyclic) bond motifs is 2. The maximum atomic E-state index is 12.3. The zero-order valence-corrected chi connectivity index (χ0v) is 18.1. The van der Waals surface area contributed by atoms with Crippen molar-refractivity contribution in [2.24, 2.45) is 5.73 Å². The summed E-state index contributed by atoms with van der Waals surface area (Å²) in [6, 6.07) is 4.76. The first-order valence-electron chi connectivity index (χ1n) is 9.73. The Morgan fingerprint density at radius 2 is 2.16 bits per heavy atom. The van der Waals surface area contributed by atoms with Gasteiger partial charge in [0.15, 0.2) is 5.82 Å². The molecule has 2 aromatic rings. The van der Waals surface area contributed by atoms with Crippen molar-refractivity contribution in [2.45, 2.75) is 37.9 Å². The van der Waals surface area contributed by atoms with E-state index < -0.39 is 23.5 Å². The van der Waals surface area contributed by atoms with Crippen molar-refractivity contribution in [3.05, 3.63) is 46.4 Å². The Morgan fingerprint density at radius 1 is 1.39 bits per heavy atom. The average Bonchev–Trinajstić information content (AvgIpc) is 3.29. The number of carbonyl (C=O) groups is 2.